The molecule has 21 heavy (non-hydrogen) atoms. The molecular weight excluding hydrogens is 364 g/mol. The summed E-state index contributed by atoms with van der Waals surface area (Å²) in [5, 5.41) is 3.20. The fourth-order valence-electron chi connectivity index (χ4n) is 1.82. The fourth-order valence-corrected chi connectivity index (χ4v) is 2.31. The quantitative estimate of drug-likeness (QED) is 0.847. The number of amides is 1. The van der Waals surface area contributed by atoms with Crippen molar-refractivity contribution in [3.8, 4) is 0 Å². The number of carbonyl (C=O) groups is 1. The van der Waals surface area contributed by atoms with Crippen LogP contribution in [0.25, 0.3) is 0 Å². The summed E-state index contributed by atoms with van der Waals surface area (Å²) < 4.78 is 26.7. The smallest absolute Gasteiger partial charge is 0.251 e. The summed E-state index contributed by atoms with van der Waals surface area (Å²) in [6.45, 7) is 0.280. The minimum atomic E-state index is -0.627. The van der Waals surface area contributed by atoms with E-state index < -0.39 is 11.6 Å². The second kappa shape index (κ2) is 7.00. The lowest BCUT2D eigenvalue weighted by Crippen LogP contribution is -2.25. The van der Waals surface area contributed by atoms with Crippen LogP contribution in [0.5, 0.6) is 0 Å². The van der Waals surface area contributed by atoms with Crippen molar-refractivity contribution in [2.24, 2.45) is 0 Å². The molecule has 0 aliphatic heterocycles. The standard InChI is InChI=1S/C15H11BrClF2NO/c16-13-7-10(1-2-14(13)17)15(21)20-4-3-9-5-11(18)8-12(19)6-9/h1-2,5-8H,3-4H2,(H,20,21). The Morgan fingerprint density at radius 1 is 1.14 bits per heavy atom. The molecule has 0 spiro atoms. The zero-order valence-corrected chi connectivity index (χ0v) is 13.1. The summed E-state index contributed by atoms with van der Waals surface area (Å²) in [5.41, 5.74) is 0.946. The van der Waals surface area contributed by atoms with E-state index in [1.165, 1.54) is 12.1 Å². The van der Waals surface area contributed by atoms with Crippen molar-refractivity contribution in [1.29, 1.82) is 0 Å². The molecule has 2 nitrogen and oxygen atoms in total. The Labute approximate surface area is 134 Å². The summed E-state index contributed by atoms with van der Waals surface area (Å²) in [5.74, 6) is -1.53. The summed E-state index contributed by atoms with van der Waals surface area (Å²) in [4.78, 5) is 11.9. The Hall–Kier alpha value is -1.46. The van der Waals surface area contributed by atoms with E-state index in [0.29, 0.717) is 27.0 Å². The van der Waals surface area contributed by atoms with Crippen molar-refractivity contribution >= 4 is 33.4 Å². The van der Waals surface area contributed by atoms with Crippen LogP contribution < -0.4 is 5.32 Å². The maximum atomic E-state index is 13.0. The predicted molar refractivity (Wildman–Crippen MR) is 81.5 cm³/mol. The average molecular weight is 375 g/mol. The highest BCUT2D eigenvalue weighted by atomic mass is 79.9. The molecule has 0 radical (unpaired) electrons. The van der Waals surface area contributed by atoms with Crippen LogP contribution in [0.4, 0.5) is 8.78 Å². The van der Waals surface area contributed by atoms with E-state index in [0.717, 1.165) is 6.07 Å². The van der Waals surface area contributed by atoms with Gasteiger partial charge in [-0.25, -0.2) is 8.78 Å². The third-order valence-electron chi connectivity index (χ3n) is 2.80. The minimum Gasteiger partial charge on any atom is -0.352 e. The first-order valence-corrected chi connectivity index (χ1v) is 7.31. The molecule has 6 heteroatoms. The topological polar surface area (TPSA) is 29.1 Å². The number of hydrogen-bond donors (Lipinski definition) is 1. The van der Waals surface area contributed by atoms with Crippen molar-refractivity contribution in [3.05, 3.63) is 68.7 Å². The van der Waals surface area contributed by atoms with Gasteiger partial charge in [-0.15, -0.1) is 0 Å². The van der Waals surface area contributed by atoms with E-state index in [-0.39, 0.29) is 12.5 Å². The Bertz CT molecular complexity index is 658. The zero-order valence-electron chi connectivity index (χ0n) is 10.8. The fraction of sp³-hybridized carbons (Fsp3) is 0.133. The molecule has 0 fully saturated rings. The molecule has 110 valence electrons. The van der Waals surface area contributed by atoms with Crippen LogP contribution >= 0.6 is 27.5 Å². The van der Waals surface area contributed by atoms with Gasteiger partial charge < -0.3 is 5.32 Å². The molecule has 0 saturated heterocycles. The van der Waals surface area contributed by atoms with E-state index in [1.807, 2.05) is 0 Å². The second-order valence-corrected chi connectivity index (χ2v) is 5.67. The third-order valence-corrected chi connectivity index (χ3v) is 4.02. The van der Waals surface area contributed by atoms with Gasteiger partial charge in [-0.3, -0.25) is 4.79 Å². The lowest BCUT2D eigenvalue weighted by Gasteiger charge is -2.07. The molecule has 2 aromatic rings. The van der Waals surface area contributed by atoms with Gasteiger partial charge in [0.05, 0.1) is 5.02 Å². The molecular formula is C15H11BrClF2NO. The maximum absolute atomic E-state index is 13.0. The van der Waals surface area contributed by atoms with Crippen molar-refractivity contribution in [3.63, 3.8) is 0 Å². The van der Waals surface area contributed by atoms with Gasteiger partial charge in [0, 0.05) is 22.6 Å². The van der Waals surface area contributed by atoms with Crippen LogP contribution in [-0.4, -0.2) is 12.5 Å². The van der Waals surface area contributed by atoms with Crippen LogP contribution in [-0.2, 0) is 6.42 Å². The van der Waals surface area contributed by atoms with Crippen LogP contribution in [0, 0.1) is 11.6 Å². The Morgan fingerprint density at radius 2 is 1.81 bits per heavy atom. The van der Waals surface area contributed by atoms with Gasteiger partial charge >= 0.3 is 0 Å². The van der Waals surface area contributed by atoms with Gasteiger partial charge in [0.25, 0.3) is 5.91 Å². The minimum absolute atomic E-state index is 0.274. The van der Waals surface area contributed by atoms with Crippen LogP contribution in [0.15, 0.2) is 40.9 Å². The van der Waals surface area contributed by atoms with E-state index in [1.54, 1.807) is 18.2 Å². The SMILES string of the molecule is O=C(NCCc1cc(F)cc(F)c1)c1ccc(Cl)c(Br)c1. The number of nitrogens with one attached hydrogen (secondary N) is 1. The lowest BCUT2D eigenvalue weighted by atomic mass is 10.1. The number of carbonyl (C=O) groups excluding carboxylic acids is 1. The molecule has 2 aromatic carbocycles. The average Bonchev–Trinajstić information content (AvgIpc) is 2.40. The largest absolute Gasteiger partial charge is 0.352 e. The van der Waals surface area contributed by atoms with Crippen molar-refractivity contribution in [2.45, 2.75) is 6.42 Å². The first kappa shape index (κ1) is 15.9. The Balaban J connectivity index is 1.93. The molecule has 0 aliphatic rings. The first-order chi connectivity index (χ1) is 9.95. The van der Waals surface area contributed by atoms with Crippen molar-refractivity contribution in [1.82, 2.24) is 5.32 Å². The summed E-state index contributed by atoms with van der Waals surface area (Å²) in [6, 6.07) is 8.13. The van der Waals surface area contributed by atoms with Gasteiger partial charge in [-0.05, 0) is 58.2 Å². The van der Waals surface area contributed by atoms with Crippen molar-refractivity contribution in [2.75, 3.05) is 6.54 Å². The number of benzene rings is 2. The van der Waals surface area contributed by atoms with Gasteiger partial charge in [0.15, 0.2) is 0 Å². The third kappa shape index (κ3) is 4.51. The molecule has 0 unspecified atom stereocenters. The predicted octanol–water partition coefficient (Wildman–Crippen LogP) is 4.35. The zero-order chi connectivity index (χ0) is 15.4. The van der Waals surface area contributed by atoms with E-state index >= 15 is 0 Å². The van der Waals surface area contributed by atoms with Gasteiger partial charge in [0.2, 0.25) is 0 Å². The normalized spacial score (nSPS) is 10.5. The monoisotopic (exact) mass is 373 g/mol. The molecule has 2 rings (SSSR count). The van der Waals surface area contributed by atoms with Crippen LogP contribution in [0.3, 0.4) is 0 Å². The second-order valence-electron chi connectivity index (χ2n) is 4.41. The van der Waals surface area contributed by atoms with E-state index in [2.05, 4.69) is 21.2 Å². The summed E-state index contributed by atoms with van der Waals surface area (Å²) in [7, 11) is 0. The van der Waals surface area contributed by atoms with E-state index in [4.69, 9.17) is 11.6 Å². The van der Waals surface area contributed by atoms with Crippen LogP contribution in [0.1, 0.15) is 15.9 Å². The molecule has 1 N–H and O–H groups in total. The highest BCUT2D eigenvalue weighted by Crippen LogP contribution is 2.23. The molecule has 0 aromatic heterocycles. The molecule has 0 bridgehead atoms. The number of halogens is 4. The Kier molecular flexibility index (Phi) is 5.31. The van der Waals surface area contributed by atoms with E-state index in [9.17, 15) is 13.6 Å². The number of rotatable bonds is 4. The molecule has 0 atom stereocenters. The van der Waals surface area contributed by atoms with Gasteiger partial charge in [-0.1, -0.05) is 11.6 Å². The molecule has 1 amide bonds. The summed E-state index contributed by atoms with van der Waals surface area (Å²) in [6.07, 6.45) is 0.342. The highest BCUT2D eigenvalue weighted by Gasteiger charge is 2.08. The molecule has 0 aliphatic carbocycles. The first-order valence-electron chi connectivity index (χ1n) is 6.14. The molecule has 0 saturated carbocycles. The van der Waals surface area contributed by atoms with Crippen LogP contribution in [0.2, 0.25) is 5.02 Å². The highest BCUT2D eigenvalue weighted by molar-refractivity contribution is 9.10. The van der Waals surface area contributed by atoms with Gasteiger partial charge in [0.1, 0.15) is 11.6 Å². The van der Waals surface area contributed by atoms with Crippen molar-refractivity contribution < 1.29 is 13.6 Å². The summed E-state index contributed by atoms with van der Waals surface area (Å²) >= 11 is 9.09. The number of hydrogen-bond acceptors (Lipinski definition) is 1. The van der Waals surface area contributed by atoms with Gasteiger partial charge in [-0.2, -0.15) is 0 Å². The molecule has 0 heterocycles. The maximum Gasteiger partial charge on any atom is 0.251 e. The Morgan fingerprint density at radius 3 is 2.43 bits per heavy atom. The lowest BCUT2D eigenvalue weighted by molar-refractivity contribution is 0.0954.